The number of nitrogens with zero attached hydrogens (tertiary/aromatic N) is 1. The second-order valence-corrected chi connectivity index (χ2v) is 5.69. The number of benzene rings is 1. The molecule has 1 amide bonds. The van der Waals surface area contributed by atoms with Gasteiger partial charge in [0.25, 0.3) is 0 Å². The molecule has 0 saturated carbocycles. The van der Waals surface area contributed by atoms with Crippen LogP contribution < -0.4 is 5.73 Å². The highest BCUT2D eigenvalue weighted by atomic mass is 16.5. The van der Waals surface area contributed by atoms with Crippen LogP contribution in [0.25, 0.3) is 0 Å². The number of rotatable bonds is 7. The first-order chi connectivity index (χ1) is 10.2. The zero-order chi connectivity index (χ0) is 15.1. The van der Waals surface area contributed by atoms with Crippen LogP contribution in [-0.4, -0.2) is 30.1 Å². The summed E-state index contributed by atoms with van der Waals surface area (Å²) in [6, 6.07) is 7.76. The van der Waals surface area contributed by atoms with Crippen molar-refractivity contribution >= 4 is 11.6 Å². The lowest BCUT2D eigenvalue weighted by Crippen LogP contribution is -2.32. The summed E-state index contributed by atoms with van der Waals surface area (Å²) in [4.78, 5) is 14.4. The summed E-state index contributed by atoms with van der Waals surface area (Å²) in [6.45, 7) is 4.32. The fourth-order valence-corrected chi connectivity index (χ4v) is 2.76. The maximum atomic E-state index is 12.4. The maximum absolute atomic E-state index is 12.4. The molecule has 1 heterocycles. The van der Waals surface area contributed by atoms with E-state index < -0.39 is 0 Å². The van der Waals surface area contributed by atoms with E-state index in [0.29, 0.717) is 13.0 Å². The molecule has 1 unspecified atom stereocenters. The van der Waals surface area contributed by atoms with E-state index in [1.54, 1.807) is 0 Å². The summed E-state index contributed by atoms with van der Waals surface area (Å²) in [5.74, 6) is 0.204. The number of anilines is 1. The number of nitrogen functional groups attached to an aromatic ring is 1. The Morgan fingerprint density at radius 3 is 2.90 bits per heavy atom. The van der Waals surface area contributed by atoms with Gasteiger partial charge < -0.3 is 15.4 Å². The SMILES string of the molecule is CCCN(Cc1ccccc1N)C(=O)CCC1CCCO1. The predicted octanol–water partition coefficient (Wildman–Crippen LogP) is 2.97. The Balaban J connectivity index is 1.90. The van der Waals surface area contributed by atoms with Crippen molar-refractivity contribution in [2.45, 2.75) is 51.7 Å². The van der Waals surface area contributed by atoms with E-state index in [-0.39, 0.29) is 12.0 Å². The van der Waals surface area contributed by atoms with Gasteiger partial charge in [0.05, 0.1) is 6.10 Å². The van der Waals surface area contributed by atoms with E-state index in [1.807, 2.05) is 29.2 Å². The smallest absolute Gasteiger partial charge is 0.222 e. The standard InChI is InChI=1S/C17H26N2O2/c1-2-11-19(13-14-6-3-4-8-16(14)18)17(20)10-9-15-7-5-12-21-15/h3-4,6,8,15H,2,5,7,9-13,18H2,1H3. The molecule has 1 aromatic rings. The average Bonchev–Trinajstić information content (AvgIpc) is 3.00. The fraction of sp³-hybridized carbons (Fsp3) is 0.588. The number of amides is 1. The molecule has 1 aliphatic heterocycles. The highest BCUT2D eigenvalue weighted by Crippen LogP contribution is 2.19. The largest absolute Gasteiger partial charge is 0.398 e. The Labute approximate surface area is 127 Å². The minimum absolute atomic E-state index is 0.204. The van der Waals surface area contributed by atoms with E-state index in [0.717, 1.165) is 50.1 Å². The Morgan fingerprint density at radius 2 is 2.24 bits per heavy atom. The van der Waals surface area contributed by atoms with Gasteiger partial charge in [0.2, 0.25) is 5.91 Å². The highest BCUT2D eigenvalue weighted by molar-refractivity contribution is 5.76. The molecule has 1 aromatic carbocycles. The van der Waals surface area contributed by atoms with Crippen LogP contribution in [0, 0.1) is 0 Å². The number of carbonyl (C=O) groups is 1. The first kappa shape index (κ1) is 15.8. The number of hydrogen-bond donors (Lipinski definition) is 1. The van der Waals surface area contributed by atoms with Gasteiger partial charge in [0.15, 0.2) is 0 Å². The first-order valence-corrected chi connectivity index (χ1v) is 7.93. The number of nitrogens with two attached hydrogens (primary N) is 1. The van der Waals surface area contributed by atoms with Crippen molar-refractivity contribution in [3.8, 4) is 0 Å². The van der Waals surface area contributed by atoms with E-state index in [4.69, 9.17) is 10.5 Å². The first-order valence-electron chi connectivity index (χ1n) is 7.93. The topological polar surface area (TPSA) is 55.6 Å². The monoisotopic (exact) mass is 290 g/mol. The minimum atomic E-state index is 0.204. The van der Waals surface area contributed by atoms with Gasteiger partial charge in [-0.3, -0.25) is 4.79 Å². The summed E-state index contributed by atoms with van der Waals surface area (Å²) >= 11 is 0. The van der Waals surface area contributed by atoms with Gasteiger partial charge >= 0.3 is 0 Å². The minimum Gasteiger partial charge on any atom is -0.398 e. The van der Waals surface area contributed by atoms with Crippen molar-refractivity contribution in [1.82, 2.24) is 4.90 Å². The van der Waals surface area contributed by atoms with E-state index in [1.165, 1.54) is 0 Å². The summed E-state index contributed by atoms with van der Waals surface area (Å²) in [6.07, 6.45) is 4.85. The van der Waals surface area contributed by atoms with E-state index in [2.05, 4.69) is 6.92 Å². The lowest BCUT2D eigenvalue weighted by Gasteiger charge is -2.23. The number of carbonyl (C=O) groups excluding carboxylic acids is 1. The third-order valence-corrected chi connectivity index (χ3v) is 3.97. The molecular weight excluding hydrogens is 264 g/mol. The van der Waals surface area contributed by atoms with Crippen LogP contribution in [0.15, 0.2) is 24.3 Å². The van der Waals surface area contributed by atoms with E-state index in [9.17, 15) is 4.79 Å². The number of para-hydroxylation sites is 1. The molecule has 4 nitrogen and oxygen atoms in total. The zero-order valence-corrected chi connectivity index (χ0v) is 12.9. The molecule has 1 aliphatic rings. The number of hydrogen-bond acceptors (Lipinski definition) is 3. The Kier molecular flexibility index (Phi) is 6.05. The van der Waals surface area contributed by atoms with Gasteiger partial charge in [0.1, 0.15) is 0 Å². The maximum Gasteiger partial charge on any atom is 0.222 e. The van der Waals surface area contributed by atoms with E-state index >= 15 is 0 Å². The van der Waals surface area contributed by atoms with Crippen LogP contribution >= 0.6 is 0 Å². The summed E-state index contributed by atoms with van der Waals surface area (Å²) in [5, 5.41) is 0. The third-order valence-electron chi connectivity index (χ3n) is 3.97. The van der Waals surface area contributed by atoms with Crippen LogP contribution in [0.1, 0.15) is 44.6 Å². The predicted molar refractivity (Wildman–Crippen MR) is 84.8 cm³/mol. The Bertz CT molecular complexity index is 456. The molecule has 4 heteroatoms. The molecule has 1 fully saturated rings. The molecule has 0 spiro atoms. The summed E-state index contributed by atoms with van der Waals surface area (Å²) in [7, 11) is 0. The van der Waals surface area contributed by atoms with Crippen LogP contribution in [0.3, 0.4) is 0 Å². The third kappa shape index (κ3) is 4.74. The molecule has 116 valence electrons. The van der Waals surface area contributed by atoms with Gasteiger partial charge in [0, 0.05) is 31.8 Å². The average molecular weight is 290 g/mol. The lowest BCUT2D eigenvalue weighted by molar-refractivity contribution is -0.132. The number of ether oxygens (including phenoxy) is 1. The highest BCUT2D eigenvalue weighted by Gasteiger charge is 2.19. The molecule has 0 radical (unpaired) electrons. The second kappa shape index (κ2) is 8.03. The second-order valence-electron chi connectivity index (χ2n) is 5.69. The van der Waals surface area contributed by atoms with Gasteiger partial charge in [-0.05, 0) is 37.3 Å². The molecule has 1 atom stereocenters. The normalized spacial score (nSPS) is 17.9. The molecule has 21 heavy (non-hydrogen) atoms. The summed E-state index contributed by atoms with van der Waals surface area (Å²) in [5.41, 5.74) is 7.76. The molecule has 0 aromatic heterocycles. The van der Waals surface area contributed by atoms with Crippen molar-refractivity contribution in [2.24, 2.45) is 0 Å². The molecule has 0 bridgehead atoms. The van der Waals surface area contributed by atoms with Gasteiger partial charge in [-0.15, -0.1) is 0 Å². The lowest BCUT2D eigenvalue weighted by atomic mass is 10.1. The van der Waals surface area contributed by atoms with Crippen molar-refractivity contribution in [3.63, 3.8) is 0 Å². The van der Waals surface area contributed by atoms with Crippen LogP contribution in [0.2, 0.25) is 0 Å². The van der Waals surface area contributed by atoms with Crippen molar-refractivity contribution in [1.29, 1.82) is 0 Å². The van der Waals surface area contributed by atoms with Gasteiger partial charge in [-0.25, -0.2) is 0 Å². The molecule has 0 aliphatic carbocycles. The van der Waals surface area contributed by atoms with Crippen molar-refractivity contribution in [2.75, 3.05) is 18.9 Å². The fourth-order valence-electron chi connectivity index (χ4n) is 2.76. The van der Waals surface area contributed by atoms with Crippen molar-refractivity contribution in [3.05, 3.63) is 29.8 Å². The Hall–Kier alpha value is -1.55. The van der Waals surface area contributed by atoms with Crippen LogP contribution in [-0.2, 0) is 16.1 Å². The molecule has 1 saturated heterocycles. The van der Waals surface area contributed by atoms with Gasteiger partial charge in [-0.2, -0.15) is 0 Å². The Morgan fingerprint density at radius 1 is 1.43 bits per heavy atom. The molecule has 2 N–H and O–H groups in total. The van der Waals surface area contributed by atoms with Crippen molar-refractivity contribution < 1.29 is 9.53 Å². The molecule has 2 rings (SSSR count). The van der Waals surface area contributed by atoms with Crippen LogP contribution in [0.5, 0.6) is 0 Å². The quantitative estimate of drug-likeness (QED) is 0.785. The molecular formula is C17H26N2O2. The zero-order valence-electron chi connectivity index (χ0n) is 12.9. The van der Waals surface area contributed by atoms with Gasteiger partial charge in [-0.1, -0.05) is 25.1 Å². The summed E-state index contributed by atoms with van der Waals surface area (Å²) < 4.78 is 5.59. The van der Waals surface area contributed by atoms with Crippen LogP contribution in [0.4, 0.5) is 5.69 Å².